The van der Waals surface area contributed by atoms with Crippen molar-refractivity contribution in [3.05, 3.63) is 45.6 Å². The Kier molecular flexibility index (Phi) is 5.26. The summed E-state index contributed by atoms with van der Waals surface area (Å²) < 4.78 is 10.9. The molecule has 0 saturated heterocycles. The first-order valence-electron chi connectivity index (χ1n) is 5.99. The van der Waals surface area contributed by atoms with Crippen molar-refractivity contribution in [2.24, 2.45) is 0 Å². The van der Waals surface area contributed by atoms with Gasteiger partial charge in [-0.1, -0.05) is 11.6 Å². The molecule has 0 bridgehead atoms. The van der Waals surface area contributed by atoms with Gasteiger partial charge in [-0.2, -0.15) is 0 Å². The minimum Gasteiger partial charge on any atom is -0.493 e. The zero-order valence-electron chi connectivity index (χ0n) is 10.5. The number of hydrogen-bond donors (Lipinski definition) is 1. The van der Waals surface area contributed by atoms with Crippen LogP contribution in [0.3, 0.4) is 0 Å². The topological polar surface area (TPSA) is 55.8 Å². The van der Waals surface area contributed by atoms with Gasteiger partial charge in [0, 0.05) is 11.4 Å². The molecule has 4 nitrogen and oxygen atoms in total. The van der Waals surface area contributed by atoms with Crippen LogP contribution in [-0.4, -0.2) is 24.3 Å². The Labute approximate surface area is 125 Å². The lowest BCUT2D eigenvalue weighted by atomic mass is 10.3. The zero-order chi connectivity index (χ0) is 14.4. The Morgan fingerprint density at radius 2 is 1.85 bits per heavy atom. The summed E-state index contributed by atoms with van der Waals surface area (Å²) in [6.07, 6.45) is 0.664. The number of hydrogen-bond acceptors (Lipinski definition) is 4. The number of halogens is 1. The van der Waals surface area contributed by atoms with E-state index < -0.39 is 5.97 Å². The highest BCUT2D eigenvalue weighted by Gasteiger charge is 2.12. The first-order valence-corrected chi connectivity index (χ1v) is 7.24. The summed E-state index contributed by atoms with van der Waals surface area (Å²) >= 11 is 6.92. The molecule has 6 heteroatoms. The van der Waals surface area contributed by atoms with E-state index in [2.05, 4.69) is 0 Å². The number of carboxylic acid groups (broad SMARTS) is 1. The van der Waals surface area contributed by atoms with E-state index in [1.165, 1.54) is 0 Å². The molecule has 106 valence electrons. The minimum atomic E-state index is -0.965. The van der Waals surface area contributed by atoms with E-state index in [4.69, 9.17) is 26.2 Å². The van der Waals surface area contributed by atoms with Crippen LogP contribution >= 0.6 is 22.9 Å². The second kappa shape index (κ2) is 7.17. The maximum Gasteiger partial charge on any atom is 0.349 e. The largest absolute Gasteiger partial charge is 0.493 e. The van der Waals surface area contributed by atoms with Crippen LogP contribution in [0.5, 0.6) is 11.5 Å². The van der Waals surface area contributed by atoms with E-state index in [1.54, 1.807) is 35.7 Å². The van der Waals surface area contributed by atoms with Crippen LogP contribution in [0.25, 0.3) is 0 Å². The first-order chi connectivity index (χ1) is 9.66. The molecule has 0 spiro atoms. The lowest BCUT2D eigenvalue weighted by Crippen LogP contribution is -2.06. The number of aromatic carboxylic acids is 1. The van der Waals surface area contributed by atoms with Gasteiger partial charge < -0.3 is 14.6 Å². The smallest absolute Gasteiger partial charge is 0.349 e. The number of carbonyl (C=O) groups is 1. The molecule has 1 aromatic heterocycles. The maximum atomic E-state index is 10.9. The van der Waals surface area contributed by atoms with Gasteiger partial charge in [0.15, 0.2) is 4.88 Å². The van der Waals surface area contributed by atoms with Gasteiger partial charge in [-0.05, 0) is 35.7 Å². The molecule has 0 atom stereocenters. The van der Waals surface area contributed by atoms with Gasteiger partial charge in [-0.3, -0.25) is 0 Å². The van der Waals surface area contributed by atoms with Crippen molar-refractivity contribution in [1.29, 1.82) is 0 Å². The molecule has 2 rings (SSSR count). The predicted molar refractivity (Wildman–Crippen MR) is 78.3 cm³/mol. The molecule has 0 saturated carbocycles. The van der Waals surface area contributed by atoms with Crippen molar-refractivity contribution in [2.45, 2.75) is 6.42 Å². The number of benzene rings is 1. The number of ether oxygens (including phenoxy) is 2. The van der Waals surface area contributed by atoms with Gasteiger partial charge in [0.25, 0.3) is 0 Å². The number of rotatable bonds is 7. The van der Waals surface area contributed by atoms with Gasteiger partial charge in [0.2, 0.25) is 0 Å². The average molecular weight is 313 g/mol. The van der Waals surface area contributed by atoms with Crippen LogP contribution in [0.2, 0.25) is 5.02 Å². The normalized spacial score (nSPS) is 10.2. The summed E-state index contributed by atoms with van der Waals surface area (Å²) in [5, 5.41) is 11.3. The fraction of sp³-hybridized carbons (Fsp3) is 0.214. The molecule has 0 unspecified atom stereocenters. The second-order valence-electron chi connectivity index (χ2n) is 3.92. The zero-order valence-corrected chi connectivity index (χ0v) is 12.1. The number of thiophene rings is 1. The van der Waals surface area contributed by atoms with Crippen LogP contribution < -0.4 is 9.47 Å². The standard InChI is InChI=1S/C14H13ClO4S/c15-10-2-4-11(5-3-10)18-7-1-8-19-12-6-9-20-13(12)14(16)17/h2-6,9H,1,7-8H2,(H,16,17). The Hall–Kier alpha value is -1.72. The first kappa shape index (κ1) is 14.7. The van der Waals surface area contributed by atoms with Gasteiger partial charge in [-0.15, -0.1) is 11.3 Å². The van der Waals surface area contributed by atoms with Gasteiger partial charge in [0.1, 0.15) is 11.5 Å². The highest BCUT2D eigenvalue weighted by atomic mass is 35.5. The van der Waals surface area contributed by atoms with Crippen LogP contribution in [0.1, 0.15) is 16.1 Å². The van der Waals surface area contributed by atoms with Crippen molar-refractivity contribution in [1.82, 2.24) is 0 Å². The van der Waals surface area contributed by atoms with E-state index in [-0.39, 0.29) is 4.88 Å². The fourth-order valence-electron chi connectivity index (χ4n) is 1.53. The third kappa shape index (κ3) is 4.15. The molecule has 1 heterocycles. The van der Waals surface area contributed by atoms with E-state index in [1.807, 2.05) is 0 Å². The molecule has 0 radical (unpaired) electrons. The van der Waals surface area contributed by atoms with Crippen molar-refractivity contribution in [3.8, 4) is 11.5 Å². The molecule has 0 fully saturated rings. The van der Waals surface area contributed by atoms with E-state index in [0.717, 1.165) is 17.1 Å². The molecule has 1 aromatic carbocycles. The molecular formula is C14H13ClO4S. The SMILES string of the molecule is O=C(O)c1sccc1OCCCOc1ccc(Cl)cc1. The summed E-state index contributed by atoms with van der Waals surface area (Å²) in [6, 6.07) is 8.78. The van der Waals surface area contributed by atoms with Gasteiger partial charge >= 0.3 is 5.97 Å². The lowest BCUT2D eigenvalue weighted by Gasteiger charge is -2.07. The Balaban J connectivity index is 1.70. The predicted octanol–water partition coefficient (Wildman–Crippen LogP) is 3.95. The molecule has 0 aliphatic heterocycles. The van der Waals surface area contributed by atoms with E-state index >= 15 is 0 Å². The van der Waals surface area contributed by atoms with Crippen LogP contribution in [0, 0.1) is 0 Å². The molecule has 0 aliphatic rings. The minimum absolute atomic E-state index is 0.226. The summed E-state index contributed by atoms with van der Waals surface area (Å²) in [5.74, 6) is 0.192. The summed E-state index contributed by atoms with van der Waals surface area (Å²) in [5.41, 5.74) is 0. The Morgan fingerprint density at radius 3 is 2.55 bits per heavy atom. The fourth-order valence-corrected chi connectivity index (χ4v) is 2.33. The van der Waals surface area contributed by atoms with Crippen molar-refractivity contribution >= 4 is 28.9 Å². The molecule has 0 aliphatic carbocycles. The van der Waals surface area contributed by atoms with E-state index in [9.17, 15) is 4.79 Å². The maximum absolute atomic E-state index is 10.9. The number of carboxylic acids is 1. The summed E-state index contributed by atoms with van der Waals surface area (Å²) in [4.78, 5) is 11.1. The van der Waals surface area contributed by atoms with E-state index in [0.29, 0.717) is 30.4 Å². The summed E-state index contributed by atoms with van der Waals surface area (Å²) in [6.45, 7) is 0.902. The van der Waals surface area contributed by atoms with Gasteiger partial charge in [-0.25, -0.2) is 4.79 Å². The highest BCUT2D eigenvalue weighted by molar-refractivity contribution is 7.12. The van der Waals surface area contributed by atoms with Crippen molar-refractivity contribution in [3.63, 3.8) is 0 Å². The van der Waals surface area contributed by atoms with Crippen LogP contribution in [0.15, 0.2) is 35.7 Å². The molecule has 1 N–H and O–H groups in total. The molecule has 2 aromatic rings. The van der Waals surface area contributed by atoms with Crippen molar-refractivity contribution in [2.75, 3.05) is 13.2 Å². The monoisotopic (exact) mass is 312 g/mol. The molecule has 0 amide bonds. The summed E-state index contributed by atoms with van der Waals surface area (Å²) in [7, 11) is 0. The average Bonchev–Trinajstić information content (AvgIpc) is 2.89. The quantitative estimate of drug-likeness (QED) is 0.787. The second-order valence-corrected chi connectivity index (χ2v) is 5.28. The van der Waals surface area contributed by atoms with Crippen LogP contribution in [0.4, 0.5) is 0 Å². The van der Waals surface area contributed by atoms with Crippen LogP contribution in [-0.2, 0) is 0 Å². The lowest BCUT2D eigenvalue weighted by molar-refractivity contribution is 0.0698. The molecule has 20 heavy (non-hydrogen) atoms. The highest BCUT2D eigenvalue weighted by Crippen LogP contribution is 2.24. The van der Waals surface area contributed by atoms with Gasteiger partial charge in [0.05, 0.1) is 13.2 Å². The Morgan fingerprint density at radius 1 is 1.15 bits per heavy atom. The van der Waals surface area contributed by atoms with Crippen molar-refractivity contribution < 1.29 is 19.4 Å². The third-order valence-electron chi connectivity index (χ3n) is 2.45. The third-order valence-corrected chi connectivity index (χ3v) is 3.59. The molecular weight excluding hydrogens is 300 g/mol. The Bertz CT molecular complexity index is 565.